The highest BCUT2D eigenvalue weighted by molar-refractivity contribution is 5.96. The third kappa shape index (κ3) is 2.16. The largest absolute Gasteiger partial charge is 0.394 e. The lowest BCUT2D eigenvalue weighted by Crippen LogP contribution is -2.38. The van der Waals surface area contributed by atoms with Crippen LogP contribution in [0.4, 0.5) is 0 Å². The van der Waals surface area contributed by atoms with Crippen molar-refractivity contribution in [3.05, 3.63) is 41.6 Å². The number of benzene rings is 1. The van der Waals surface area contributed by atoms with Gasteiger partial charge in [0.1, 0.15) is 5.69 Å². The fraction of sp³-hybridized carbons (Fsp3) is 0.375. The van der Waals surface area contributed by atoms with Crippen LogP contribution in [0.3, 0.4) is 0 Å². The monoisotopic (exact) mass is 270 g/mol. The Morgan fingerprint density at radius 3 is 3.05 bits per heavy atom. The quantitative estimate of drug-likeness (QED) is 0.909. The lowest BCUT2D eigenvalue weighted by atomic mass is 10.1. The molecule has 104 valence electrons. The smallest absolute Gasteiger partial charge is 0.272 e. The number of nitrogens with zero attached hydrogens (tertiary/aromatic N) is 2. The van der Waals surface area contributed by atoms with E-state index in [1.54, 1.807) is 4.90 Å². The van der Waals surface area contributed by atoms with Crippen molar-refractivity contribution in [1.29, 1.82) is 0 Å². The Hall–Kier alpha value is -1.94. The number of amides is 1. The number of carbonyl (C=O) groups excluding carboxylic acids is 1. The molecular formula is C16H18N2O2. The molecule has 1 N–H and O–H groups in total. The lowest BCUT2D eigenvalue weighted by Gasteiger charge is -2.22. The van der Waals surface area contributed by atoms with Gasteiger partial charge < -0.3 is 10.0 Å². The molecule has 2 heterocycles. The summed E-state index contributed by atoms with van der Waals surface area (Å²) >= 11 is 0. The van der Waals surface area contributed by atoms with Gasteiger partial charge in [-0.1, -0.05) is 18.2 Å². The van der Waals surface area contributed by atoms with Gasteiger partial charge in [-0.15, -0.1) is 0 Å². The fourth-order valence-corrected chi connectivity index (χ4v) is 2.90. The van der Waals surface area contributed by atoms with E-state index in [4.69, 9.17) is 0 Å². The average molecular weight is 270 g/mol. The van der Waals surface area contributed by atoms with Crippen molar-refractivity contribution in [3.8, 4) is 0 Å². The highest BCUT2D eigenvalue weighted by Crippen LogP contribution is 2.22. The number of aliphatic hydroxyl groups is 1. The van der Waals surface area contributed by atoms with E-state index in [1.807, 2.05) is 37.3 Å². The molecule has 0 saturated carbocycles. The highest BCUT2D eigenvalue weighted by atomic mass is 16.3. The number of aliphatic hydroxyl groups excluding tert-OH is 1. The zero-order valence-corrected chi connectivity index (χ0v) is 11.5. The SMILES string of the molecule is Cc1cc(C(=O)N2CCC[C@@H]2CO)nc2ccccc12. The van der Waals surface area contributed by atoms with E-state index in [2.05, 4.69) is 4.98 Å². The molecule has 1 saturated heterocycles. The number of fused-ring (bicyclic) bond motifs is 1. The van der Waals surface area contributed by atoms with Gasteiger partial charge in [0.2, 0.25) is 0 Å². The van der Waals surface area contributed by atoms with Crippen molar-refractivity contribution in [2.45, 2.75) is 25.8 Å². The number of carbonyl (C=O) groups is 1. The Morgan fingerprint density at radius 2 is 2.25 bits per heavy atom. The van der Waals surface area contributed by atoms with Gasteiger partial charge in [0, 0.05) is 11.9 Å². The van der Waals surface area contributed by atoms with Crippen LogP contribution in [0.1, 0.15) is 28.9 Å². The van der Waals surface area contributed by atoms with Gasteiger partial charge in [-0.25, -0.2) is 4.98 Å². The van der Waals surface area contributed by atoms with Crippen molar-refractivity contribution in [3.63, 3.8) is 0 Å². The number of rotatable bonds is 2. The third-order valence-corrected chi connectivity index (χ3v) is 3.99. The second-order valence-corrected chi connectivity index (χ2v) is 5.32. The molecule has 1 amide bonds. The molecule has 1 atom stereocenters. The maximum atomic E-state index is 12.6. The summed E-state index contributed by atoms with van der Waals surface area (Å²) < 4.78 is 0. The molecule has 1 aliphatic heterocycles. The first-order chi connectivity index (χ1) is 9.70. The van der Waals surface area contributed by atoms with Crippen LogP contribution in [0, 0.1) is 6.92 Å². The molecule has 3 rings (SSSR count). The van der Waals surface area contributed by atoms with Gasteiger partial charge in [-0.3, -0.25) is 4.79 Å². The van der Waals surface area contributed by atoms with Crippen LogP contribution < -0.4 is 0 Å². The molecule has 1 aromatic carbocycles. The Balaban J connectivity index is 1.99. The van der Waals surface area contributed by atoms with Crippen molar-refractivity contribution in [1.82, 2.24) is 9.88 Å². The number of pyridine rings is 1. The van der Waals surface area contributed by atoms with Gasteiger partial charge in [-0.2, -0.15) is 0 Å². The molecule has 0 radical (unpaired) electrons. The second-order valence-electron chi connectivity index (χ2n) is 5.32. The number of aromatic nitrogens is 1. The Morgan fingerprint density at radius 1 is 1.45 bits per heavy atom. The third-order valence-electron chi connectivity index (χ3n) is 3.99. The van der Waals surface area contributed by atoms with E-state index in [0.717, 1.165) is 29.3 Å². The van der Waals surface area contributed by atoms with Crippen molar-refractivity contribution in [2.24, 2.45) is 0 Å². The zero-order valence-electron chi connectivity index (χ0n) is 11.5. The second kappa shape index (κ2) is 5.21. The number of hydrogen-bond acceptors (Lipinski definition) is 3. The maximum Gasteiger partial charge on any atom is 0.272 e. The molecular weight excluding hydrogens is 252 g/mol. The summed E-state index contributed by atoms with van der Waals surface area (Å²) in [5.41, 5.74) is 2.37. The van der Waals surface area contributed by atoms with E-state index in [1.165, 1.54) is 0 Å². The van der Waals surface area contributed by atoms with Gasteiger partial charge in [0.15, 0.2) is 0 Å². The number of likely N-dealkylation sites (tertiary alicyclic amines) is 1. The Kier molecular flexibility index (Phi) is 3.40. The first-order valence-corrected chi connectivity index (χ1v) is 6.99. The van der Waals surface area contributed by atoms with E-state index in [9.17, 15) is 9.90 Å². The first kappa shape index (κ1) is 13.1. The summed E-state index contributed by atoms with van der Waals surface area (Å²) in [5.74, 6) is -0.0737. The van der Waals surface area contributed by atoms with Gasteiger partial charge in [-0.05, 0) is 37.5 Å². The van der Waals surface area contributed by atoms with Crippen LogP contribution in [0.15, 0.2) is 30.3 Å². The predicted octanol–water partition coefficient (Wildman–Crippen LogP) is 2.14. The summed E-state index contributed by atoms with van der Waals surface area (Å²) in [4.78, 5) is 18.8. The van der Waals surface area contributed by atoms with E-state index >= 15 is 0 Å². The van der Waals surface area contributed by atoms with Crippen molar-refractivity contribution >= 4 is 16.8 Å². The summed E-state index contributed by atoms with van der Waals surface area (Å²) in [6, 6.07) is 9.62. The zero-order chi connectivity index (χ0) is 14.1. The normalized spacial score (nSPS) is 18.7. The first-order valence-electron chi connectivity index (χ1n) is 6.99. The van der Waals surface area contributed by atoms with Gasteiger partial charge in [0.25, 0.3) is 5.91 Å². The van der Waals surface area contributed by atoms with Crippen molar-refractivity contribution < 1.29 is 9.90 Å². The molecule has 0 bridgehead atoms. The number of para-hydroxylation sites is 1. The maximum absolute atomic E-state index is 12.6. The van der Waals surface area contributed by atoms with Crippen LogP contribution >= 0.6 is 0 Å². The van der Waals surface area contributed by atoms with Crippen LogP contribution in [0.5, 0.6) is 0 Å². The lowest BCUT2D eigenvalue weighted by molar-refractivity contribution is 0.0672. The van der Waals surface area contributed by atoms with Crippen LogP contribution in [0.25, 0.3) is 10.9 Å². The van der Waals surface area contributed by atoms with E-state index < -0.39 is 0 Å². The van der Waals surface area contributed by atoms with Crippen LogP contribution in [-0.2, 0) is 0 Å². The molecule has 0 aliphatic carbocycles. The summed E-state index contributed by atoms with van der Waals surface area (Å²) in [6.45, 7) is 2.73. The van der Waals surface area contributed by atoms with Crippen molar-refractivity contribution in [2.75, 3.05) is 13.2 Å². The molecule has 0 spiro atoms. The summed E-state index contributed by atoms with van der Waals surface area (Å²) in [6.07, 6.45) is 1.82. The summed E-state index contributed by atoms with van der Waals surface area (Å²) in [7, 11) is 0. The van der Waals surface area contributed by atoms with Gasteiger partial charge in [0.05, 0.1) is 18.2 Å². The minimum absolute atomic E-state index is 0.0261. The number of hydrogen-bond donors (Lipinski definition) is 1. The fourth-order valence-electron chi connectivity index (χ4n) is 2.90. The molecule has 4 nitrogen and oxygen atoms in total. The van der Waals surface area contributed by atoms with Gasteiger partial charge >= 0.3 is 0 Å². The molecule has 0 unspecified atom stereocenters. The topological polar surface area (TPSA) is 53.4 Å². The standard InChI is InChI=1S/C16H18N2O2/c1-11-9-15(17-14-7-3-2-6-13(11)14)16(20)18-8-4-5-12(18)10-19/h2-3,6-7,9,12,19H,4-5,8,10H2,1H3/t12-/m1/s1. The van der Waals surface area contributed by atoms with E-state index in [0.29, 0.717) is 12.2 Å². The average Bonchev–Trinajstić information content (AvgIpc) is 2.95. The molecule has 4 heteroatoms. The van der Waals surface area contributed by atoms with E-state index in [-0.39, 0.29) is 18.6 Å². The Bertz CT molecular complexity index is 654. The minimum atomic E-state index is -0.0737. The Labute approximate surface area is 118 Å². The number of aryl methyl sites for hydroxylation is 1. The minimum Gasteiger partial charge on any atom is -0.394 e. The molecule has 2 aromatic rings. The molecule has 1 aromatic heterocycles. The summed E-state index contributed by atoms with van der Waals surface area (Å²) in [5, 5.41) is 10.4. The molecule has 20 heavy (non-hydrogen) atoms. The molecule has 1 fully saturated rings. The predicted molar refractivity (Wildman–Crippen MR) is 77.6 cm³/mol. The van der Waals surface area contributed by atoms with Crippen LogP contribution in [0.2, 0.25) is 0 Å². The molecule has 1 aliphatic rings. The highest BCUT2D eigenvalue weighted by Gasteiger charge is 2.29. The van der Waals surface area contributed by atoms with Crippen LogP contribution in [-0.4, -0.2) is 40.1 Å².